The Morgan fingerprint density at radius 1 is 1.14 bits per heavy atom. The highest BCUT2D eigenvalue weighted by Crippen LogP contribution is 2.37. The van der Waals surface area contributed by atoms with Crippen molar-refractivity contribution in [3.05, 3.63) is 84.7 Å². The van der Waals surface area contributed by atoms with Crippen LogP contribution in [0.5, 0.6) is 0 Å². The monoisotopic (exact) mass is 479 g/mol. The van der Waals surface area contributed by atoms with Gasteiger partial charge in [-0.1, -0.05) is 18.2 Å². The number of aliphatic hydroxyl groups is 1. The van der Waals surface area contributed by atoms with Gasteiger partial charge in [0.05, 0.1) is 18.8 Å². The quantitative estimate of drug-likeness (QED) is 0.424. The van der Waals surface area contributed by atoms with Gasteiger partial charge in [0, 0.05) is 42.2 Å². The zero-order chi connectivity index (χ0) is 24.6. The molecule has 0 saturated carbocycles. The van der Waals surface area contributed by atoms with Crippen LogP contribution < -0.4 is 10.2 Å². The molecule has 1 aliphatic rings. The fourth-order valence-electron chi connectivity index (χ4n) is 4.31. The summed E-state index contributed by atoms with van der Waals surface area (Å²) < 4.78 is 31.3. The molecule has 0 bridgehead atoms. The fourth-order valence-corrected chi connectivity index (χ4v) is 4.31. The number of carbonyl (C=O) groups is 1. The first kappa shape index (κ1) is 22.7. The van der Waals surface area contributed by atoms with Gasteiger partial charge in [-0.05, 0) is 30.7 Å². The molecule has 4 aromatic rings. The van der Waals surface area contributed by atoms with Crippen LogP contribution in [0, 0.1) is 11.6 Å². The van der Waals surface area contributed by atoms with Crippen LogP contribution in [0.1, 0.15) is 18.5 Å². The Morgan fingerprint density at radius 3 is 2.60 bits per heavy atom. The Hall–Kier alpha value is -4.12. The summed E-state index contributed by atoms with van der Waals surface area (Å²) in [7, 11) is 0. The van der Waals surface area contributed by atoms with Crippen LogP contribution in [0.4, 0.5) is 19.3 Å². The minimum absolute atomic E-state index is 0.0767. The first-order valence-electron chi connectivity index (χ1n) is 11.1. The molecule has 0 spiro atoms. The molecule has 1 fully saturated rings. The Labute approximate surface area is 199 Å². The van der Waals surface area contributed by atoms with E-state index in [0.717, 1.165) is 28.9 Å². The highest BCUT2D eigenvalue weighted by Gasteiger charge is 2.40. The van der Waals surface area contributed by atoms with Crippen LogP contribution in [0.25, 0.3) is 11.1 Å². The summed E-state index contributed by atoms with van der Waals surface area (Å²) in [6, 6.07) is 9.68. The Balaban J connectivity index is 1.45. The van der Waals surface area contributed by atoms with Crippen molar-refractivity contribution in [2.45, 2.75) is 25.1 Å². The van der Waals surface area contributed by atoms with Gasteiger partial charge in [0.25, 0.3) is 0 Å². The maximum absolute atomic E-state index is 14.8. The number of halogens is 2. The van der Waals surface area contributed by atoms with Crippen molar-refractivity contribution < 1.29 is 18.7 Å². The summed E-state index contributed by atoms with van der Waals surface area (Å²) in [5.41, 5.74) is 0.532. The van der Waals surface area contributed by atoms with E-state index in [2.05, 4.69) is 20.5 Å². The van der Waals surface area contributed by atoms with Gasteiger partial charge in [0.1, 0.15) is 29.9 Å². The van der Waals surface area contributed by atoms with Crippen molar-refractivity contribution in [3.8, 4) is 11.1 Å². The lowest BCUT2D eigenvalue weighted by Crippen LogP contribution is -2.40. The lowest BCUT2D eigenvalue weighted by molar-refractivity contribution is -0.0368. The molecule has 2 N–H and O–H groups in total. The molecule has 1 saturated heterocycles. The third kappa shape index (κ3) is 4.26. The van der Waals surface area contributed by atoms with E-state index in [1.807, 2.05) is 24.3 Å². The smallest absolute Gasteiger partial charge is 0.321 e. The zero-order valence-corrected chi connectivity index (χ0v) is 18.8. The molecule has 1 aliphatic heterocycles. The largest absolute Gasteiger partial charge is 0.381 e. The molecule has 180 valence electrons. The zero-order valence-electron chi connectivity index (χ0n) is 18.8. The number of urea groups is 1. The highest BCUT2D eigenvalue weighted by molar-refractivity contribution is 5.94. The standard InChI is InChI=1S/C24H23F2N7O2/c1-16(24(35,13-31-15-27-14-30-31)21-7-4-19(25)10-22(21)26)33-12-18(11-29-33)17-2-5-20(6-3-17)32-9-8-28-23(32)34/h2-7,10-12,14-16,35H,8-9,13H2,1H3,(H,28,34)/t16-,24-/m1/s1. The van der Waals surface area contributed by atoms with Gasteiger partial charge < -0.3 is 10.4 Å². The Morgan fingerprint density at radius 2 is 1.94 bits per heavy atom. The number of hydrogen-bond donors (Lipinski definition) is 2. The van der Waals surface area contributed by atoms with Gasteiger partial charge in [-0.3, -0.25) is 9.58 Å². The summed E-state index contributed by atoms with van der Waals surface area (Å²) >= 11 is 0. The van der Waals surface area contributed by atoms with Crippen LogP contribution in [0.2, 0.25) is 0 Å². The van der Waals surface area contributed by atoms with E-state index in [9.17, 15) is 18.7 Å². The third-order valence-electron chi connectivity index (χ3n) is 6.33. The number of nitrogens with zero attached hydrogens (tertiary/aromatic N) is 6. The topological polar surface area (TPSA) is 101 Å². The van der Waals surface area contributed by atoms with Gasteiger partial charge in [-0.25, -0.2) is 23.2 Å². The normalized spacial score (nSPS) is 16.2. The van der Waals surface area contributed by atoms with E-state index in [4.69, 9.17) is 0 Å². The number of nitrogens with one attached hydrogen (secondary N) is 1. The Bertz CT molecular complexity index is 1340. The molecule has 0 radical (unpaired) electrons. The number of carbonyl (C=O) groups excluding carboxylic acids is 1. The van der Waals surface area contributed by atoms with E-state index in [0.29, 0.717) is 13.1 Å². The van der Waals surface area contributed by atoms with Gasteiger partial charge in [0.15, 0.2) is 0 Å². The number of anilines is 1. The number of aromatic nitrogens is 5. The number of rotatable bonds is 7. The lowest BCUT2D eigenvalue weighted by Gasteiger charge is -2.34. The van der Waals surface area contributed by atoms with Gasteiger partial charge in [0.2, 0.25) is 0 Å². The second-order valence-electron chi connectivity index (χ2n) is 8.46. The number of amides is 2. The minimum Gasteiger partial charge on any atom is -0.381 e. The van der Waals surface area contributed by atoms with Crippen molar-refractivity contribution in [1.82, 2.24) is 29.9 Å². The molecule has 5 rings (SSSR count). The Kier molecular flexibility index (Phi) is 5.77. The van der Waals surface area contributed by atoms with Crippen molar-refractivity contribution in [2.75, 3.05) is 18.0 Å². The van der Waals surface area contributed by atoms with Crippen LogP contribution in [-0.4, -0.2) is 48.8 Å². The molecule has 2 aromatic heterocycles. The minimum atomic E-state index is -1.82. The highest BCUT2D eigenvalue weighted by atomic mass is 19.1. The number of benzene rings is 2. The molecule has 2 atom stereocenters. The van der Waals surface area contributed by atoms with Crippen LogP contribution in [0.3, 0.4) is 0 Å². The summed E-state index contributed by atoms with van der Waals surface area (Å²) in [4.78, 5) is 17.4. The first-order chi connectivity index (χ1) is 16.8. The van der Waals surface area contributed by atoms with Crippen molar-refractivity contribution >= 4 is 11.7 Å². The third-order valence-corrected chi connectivity index (χ3v) is 6.33. The summed E-state index contributed by atoms with van der Waals surface area (Å²) in [5.74, 6) is -1.60. The molecule has 0 aliphatic carbocycles. The van der Waals surface area contributed by atoms with Crippen LogP contribution >= 0.6 is 0 Å². The molecular weight excluding hydrogens is 456 g/mol. The molecule has 2 aromatic carbocycles. The van der Waals surface area contributed by atoms with Gasteiger partial charge >= 0.3 is 6.03 Å². The summed E-state index contributed by atoms with van der Waals surface area (Å²) in [6.07, 6.45) is 6.12. The van der Waals surface area contributed by atoms with Gasteiger partial charge in [-0.2, -0.15) is 10.2 Å². The van der Waals surface area contributed by atoms with Crippen molar-refractivity contribution in [2.24, 2.45) is 0 Å². The molecule has 0 unspecified atom stereocenters. The molecule has 3 heterocycles. The predicted molar refractivity (Wildman–Crippen MR) is 123 cm³/mol. The second-order valence-corrected chi connectivity index (χ2v) is 8.46. The van der Waals surface area contributed by atoms with E-state index < -0.39 is 23.3 Å². The summed E-state index contributed by atoms with van der Waals surface area (Å²) in [6.45, 7) is 2.79. The van der Waals surface area contributed by atoms with Crippen LogP contribution in [0.15, 0.2) is 67.5 Å². The van der Waals surface area contributed by atoms with Gasteiger partial charge in [-0.15, -0.1) is 0 Å². The fraction of sp³-hybridized carbons (Fsp3) is 0.250. The summed E-state index contributed by atoms with van der Waals surface area (Å²) in [5, 5.41) is 23.0. The first-order valence-corrected chi connectivity index (χ1v) is 11.1. The average Bonchev–Trinajstić information content (AvgIpc) is 3.61. The van der Waals surface area contributed by atoms with E-state index in [1.165, 1.54) is 28.1 Å². The molecule has 9 nitrogen and oxygen atoms in total. The molecule has 11 heteroatoms. The SMILES string of the molecule is C[C@@H](n1cc(-c2ccc(N3CCNC3=O)cc2)cn1)[C@](O)(Cn1cncn1)c1ccc(F)cc1F. The van der Waals surface area contributed by atoms with Crippen molar-refractivity contribution in [3.63, 3.8) is 0 Å². The molecule has 2 amide bonds. The van der Waals surface area contributed by atoms with E-state index in [1.54, 1.807) is 24.2 Å². The van der Waals surface area contributed by atoms with Crippen molar-refractivity contribution in [1.29, 1.82) is 0 Å². The average molecular weight is 479 g/mol. The lowest BCUT2D eigenvalue weighted by atomic mass is 9.86. The van der Waals surface area contributed by atoms with E-state index >= 15 is 0 Å². The molecule has 35 heavy (non-hydrogen) atoms. The number of hydrogen-bond acceptors (Lipinski definition) is 5. The van der Waals surface area contributed by atoms with E-state index in [-0.39, 0.29) is 18.1 Å². The van der Waals surface area contributed by atoms with Crippen LogP contribution in [-0.2, 0) is 12.1 Å². The maximum Gasteiger partial charge on any atom is 0.321 e. The predicted octanol–water partition coefficient (Wildman–Crippen LogP) is 3.10. The molecular formula is C24H23F2N7O2. The maximum atomic E-state index is 14.8. The second kappa shape index (κ2) is 8.91.